The Hall–Kier alpha value is -2.55. The van der Waals surface area contributed by atoms with Crippen LogP contribution in [0.5, 0.6) is 0 Å². The first-order valence-corrected chi connectivity index (χ1v) is 9.52. The molecule has 0 spiro atoms. The summed E-state index contributed by atoms with van der Waals surface area (Å²) in [5.74, 6) is 0.421. The quantitative estimate of drug-likeness (QED) is 0.679. The molecule has 1 aliphatic rings. The highest BCUT2D eigenvalue weighted by Gasteiger charge is 2.20. The van der Waals surface area contributed by atoms with E-state index in [-0.39, 0.29) is 18.3 Å². The van der Waals surface area contributed by atoms with Crippen LogP contribution in [0.2, 0.25) is 0 Å². The van der Waals surface area contributed by atoms with Crippen LogP contribution in [0.25, 0.3) is 5.65 Å². The molecule has 1 fully saturated rings. The first-order valence-electron chi connectivity index (χ1n) is 9.52. The number of halogens is 1. The maximum absolute atomic E-state index is 12.7. The zero-order valence-electron chi connectivity index (χ0n) is 16.8. The van der Waals surface area contributed by atoms with Crippen LogP contribution in [0.15, 0.2) is 31.0 Å². The van der Waals surface area contributed by atoms with Crippen molar-refractivity contribution in [1.29, 1.82) is 0 Å². The molecule has 0 unspecified atom stereocenters. The number of carbonyl (C=O) groups is 1. The van der Waals surface area contributed by atoms with Crippen LogP contribution in [-0.2, 0) is 6.54 Å². The monoisotopic (exact) mass is 415 g/mol. The summed E-state index contributed by atoms with van der Waals surface area (Å²) in [4.78, 5) is 27.8. The molecule has 3 aromatic rings. The molecular formula is C20H26ClN7O. The van der Waals surface area contributed by atoms with Crippen molar-refractivity contribution < 1.29 is 4.79 Å². The van der Waals surface area contributed by atoms with Crippen LogP contribution in [0, 0.1) is 13.8 Å². The fourth-order valence-electron chi connectivity index (χ4n) is 3.62. The van der Waals surface area contributed by atoms with Gasteiger partial charge < -0.3 is 15.0 Å². The van der Waals surface area contributed by atoms with Crippen molar-refractivity contribution in [2.45, 2.75) is 33.4 Å². The number of hydrogen-bond acceptors (Lipinski definition) is 6. The van der Waals surface area contributed by atoms with Gasteiger partial charge in [-0.25, -0.2) is 15.0 Å². The maximum Gasteiger partial charge on any atom is 0.258 e. The number of piperazine rings is 1. The third kappa shape index (κ3) is 4.55. The van der Waals surface area contributed by atoms with Crippen molar-refractivity contribution in [3.8, 4) is 0 Å². The van der Waals surface area contributed by atoms with E-state index in [2.05, 4.69) is 37.4 Å². The topological polar surface area (TPSA) is 87.5 Å². The van der Waals surface area contributed by atoms with Gasteiger partial charge in [0.25, 0.3) is 5.91 Å². The molecule has 154 valence electrons. The Morgan fingerprint density at radius 2 is 2.03 bits per heavy atom. The molecule has 0 radical (unpaired) electrons. The third-order valence-corrected chi connectivity index (χ3v) is 5.19. The van der Waals surface area contributed by atoms with E-state index >= 15 is 0 Å². The van der Waals surface area contributed by atoms with E-state index in [1.165, 1.54) is 0 Å². The average Bonchev–Trinajstić information content (AvgIpc) is 3.14. The molecule has 2 N–H and O–H groups in total. The minimum atomic E-state index is -0.218. The molecule has 1 saturated heterocycles. The number of aromatic nitrogens is 4. The predicted molar refractivity (Wildman–Crippen MR) is 115 cm³/mol. The smallest absolute Gasteiger partial charge is 0.258 e. The number of imidazole rings is 1. The van der Waals surface area contributed by atoms with Crippen LogP contribution in [-0.4, -0.2) is 55.8 Å². The number of rotatable bonds is 4. The van der Waals surface area contributed by atoms with Gasteiger partial charge in [-0.05, 0) is 26.3 Å². The molecule has 0 saturated carbocycles. The maximum atomic E-state index is 12.7. The van der Waals surface area contributed by atoms with Gasteiger partial charge in [-0.3, -0.25) is 9.69 Å². The minimum absolute atomic E-state index is 0. The van der Waals surface area contributed by atoms with Crippen molar-refractivity contribution in [1.82, 2.24) is 29.6 Å². The largest absolute Gasteiger partial charge is 0.320 e. The Morgan fingerprint density at radius 3 is 2.76 bits per heavy atom. The number of pyridine rings is 1. The van der Waals surface area contributed by atoms with Crippen LogP contribution in [0.4, 0.5) is 5.69 Å². The van der Waals surface area contributed by atoms with Gasteiger partial charge in [0.15, 0.2) is 0 Å². The number of fused-ring (bicyclic) bond motifs is 1. The Morgan fingerprint density at radius 1 is 1.28 bits per heavy atom. The number of carbonyl (C=O) groups excluding carboxylic acids is 1. The highest BCUT2D eigenvalue weighted by Crippen LogP contribution is 2.25. The highest BCUT2D eigenvalue weighted by atomic mass is 35.5. The van der Waals surface area contributed by atoms with Gasteiger partial charge in [-0.15, -0.1) is 12.4 Å². The lowest BCUT2D eigenvalue weighted by atomic mass is 10.1. The number of aryl methyl sites for hydroxylation is 1. The minimum Gasteiger partial charge on any atom is -0.320 e. The molecule has 29 heavy (non-hydrogen) atoms. The Labute approximate surface area is 176 Å². The molecule has 0 aromatic carbocycles. The van der Waals surface area contributed by atoms with Crippen LogP contribution in [0.1, 0.15) is 34.2 Å². The molecule has 1 atom stereocenters. The lowest BCUT2D eigenvalue weighted by molar-refractivity contribution is 0.102. The van der Waals surface area contributed by atoms with Gasteiger partial charge in [0.05, 0.1) is 11.3 Å². The van der Waals surface area contributed by atoms with Crippen LogP contribution < -0.4 is 10.6 Å². The molecule has 3 aromatic heterocycles. The molecule has 1 amide bonds. The average molecular weight is 416 g/mol. The Kier molecular flexibility index (Phi) is 6.46. The van der Waals surface area contributed by atoms with Crippen LogP contribution in [0.3, 0.4) is 0 Å². The summed E-state index contributed by atoms with van der Waals surface area (Å²) in [6.07, 6.45) is 8.70. The van der Waals surface area contributed by atoms with E-state index in [0.29, 0.717) is 17.4 Å². The zero-order valence-corrected chi connectivity index (χ0v) is 17.7. The number of amides is 1. The van der Waals surface area contributed by atoms with E-state index in [4.69, 9.17) is 0 Å². The molecule has 0 aliphatic carbocycles. The van der Waals surface area contributed by atoms with E-state index in [1.54, 1.807) is 25.5 Å². The molecule has 0 bridgehead atoms. The molecule has 9 heteroatoms. The Bertz CT molecular complexity index is 1000. The van der Waals surface area contributed by atoms with Crippen molar-refractivity contribution in [2.24, 2.45) is 0 Å². The standard InChI is InChI=1S/C20H25N7O.ClH/c1-13-10-26(6-4-21-13)11-17-14(2)18(12-27-7-5-22-19(17)27)25-20(28)16-8-23-15(3)24-9-16;/h5,7-9,12-13,21H,4,6,10-11H2,1-3H3,(H,25,28);1H/t13-;/m0./s1. The fraction of sp³-hybridized carbons (Fsp3) is 0.400. The second-order valence-corrected chi connectivity index (χ2v) is 7.37. The summed E-state index contributed by atoms with van der Waals surface area (Å²) < 4.78 is 1.97. The van der Waals surface area contributed by atoms with Gasteiger partial charge in [-0.1, -0.05) is 0 Å². The van der Waals surface area contributed by atoms with Crippen molar-refractivity contribution in [3.05, 3.63) is 53.5 Å². The van der Waals surface area contributed by atoms with E-state index in [0.717, 1.165) is 48.6 Å². The van der Waals surface area contributed by atoms with E-state index in [9.17, 15) is 4.79 Å². The predicted octanol–water partition coefficient (Wildman–Crippen LogP) is 2.21. The summed E-state index contributed by atoms with van der Waals surface area (Å²) >= 11 is 0. The normalized spacial score (nSPS) is 17.1. The van der Waals surface area contributed by atoms with E-state index < -0.39 is 0 Å². The van der Waals surface area contributed by atoms with Crippen LogP contribution >= 0.6 is 12.4 Å². The summed E-state index contributed by atoms with van der Waals surface area (Å²) in [6, 6.07) is 0.467. The summed E-state index contributed by atoms with van der Waals surface area (Å²) in [6.45, 7) is 9.80. The molecule has 4 rings (SSSR count). The second-order valence-electron chi connectivity index (χ2n) is 7.37. The lowest BCUT2D eigenvalue weighted by Crippen LogP contribution is -2.48. The third-order valence-electron chi connectivity index (χ3n) is 5.19. The molecule has 1 aliphatic heterocycles. The number of anilines is 1. The summed E-state index contributed by atoms with van der Waals surface area (Å²) in [5, 5.41) is 6.49. The lowest BCUT2D eigenvalue weighted by Gasteiger charge is -2.32. The van der Waals surface area contributed by atoms with E-state index in [1.807, 2.05) is 23.7 Å². The second kappa shape index (κ2) is 8.86. The zero-order chi connectivity index (χ0) is 19.7. The first kappa shape index (κ1) is 21.2. The summed E-state index contributed by atoms with van der Waals surface area (Å²) in [7, 11) is 0. The highest BCUT2D eigenvalue weighted by molar-refractivity contribution is 6.04. The SMILES string of the molecule is Cc1ncc(C(=O)Nc2cn3ccnc3c(CN3CCN[C@@H](C)C3)c2C)cn1.Cl. The molecule has 8 nitrogen and oxygen atoms in total. The molecule has 4 heterocycles. The van der Waals surface area contributed by atoms with Crippen molar-refractivity contribution in [3.63, 3.8) is 0 Å². The number of nitrogens with zero attached hydrogens (tertiary/aromatic N) is 5. The van der Waals surface area contributed by atoms with Gasteiger partial charge in [0.2, 0.25) is 0 Å². The van der Waals surface area contributed by atoms with Crippen molar-refractivity contribution in [2.75, 3.05) is 25.0 Å². The fourth-order valence-corrected chi connectivity index (χ4v) is 3.62. The Balaban J connectivity index is 0.00000240. The first-order chi connectivity index (χ1) is 13.5. The van der Waals surface area contributed by atoms with Gasteiger partial charge in [0, 0.05) is 68.8 Å². The number of nitrogens with one attached hydrogen (secondary N) is 2. The number of hydrogen-bond donors (Lipinski definition) is 2. The molecular weight excluding hydrogens is 390 g/mol. The van der Waals surface area contributed by atoms with Crippen molar-refractivity contribution >= 4 is 29.6 Å². The van der Waals surface area contributed by atoms with Gasteiger partial charge in [0.1, 0.15) is 11.5 Å². The summed E-state index contributed by atoms with van der Waals surface area (Å²) in [5.41, 5.74) is 4.31. The van der Waals surface area contributed by atoms with Gasteiger partial charge in [-0.2, -0.15) is 0 Å². The van der Waals surface area contributed by atoms with Gasteiger partial charge >= 0.3 is 0 Å².